The Kier molecular flexibility index (Phi) is 5.51. The van der Waals surface area contributed by atoms with Gasteiger partial charge in [0.05, 0.1) is 0 Å². The number of hydrogen-bond donors (Lipinski definition) is 1. The molecule has 1 fully saturated rings. The maximum absolute atomic E-state index is 12.2. The van der Waals surface area contributed by atoms with E-state index in [0.717, 1.165) is 39.0 Å². The van der Waals surface area contributed by atoms with Gasteiger partial charge >= 0.3 is 6.09 Å². The lowest BCUT2D eigenvalue weighted by Gasteiger charge is -2.28. The Morgan fingerprint density at radius 2 is 2.23 bits per heavy atom. The smallest absolute Gasteiger partial charge is 0.410 e. The number of aromatic nitrogens is 1. The largest absolute Gasteiger partial charge is 0.444 e. The number of aryl methyl sites for hydroxylation is 1. The molecule has 1 aliphatic rings. The van der Waals surface area contributed by atoms with Crippen LogP contribution in [0, 0.1) is 0 Å². The van der Waals surface area contributed by atoms with Crippen molar-refractivity contribution >= 4 is 6.09 Å². The van der Waals surface area contributed by atoms with Gasteiger partial charge in [-0.1, -0.05) is 0 Å². The number of rotatable bonds is 5. The summed E-state index contributed by atoms with van der Waals surface area (Å²) in [5.41, 5.74) is 0.851. The Bertz CT molecular complexity index is 490. The number of carbonyl (C=O) groups excluding carboxylic acids is 1. The highest BCUT2D eigenvalue weighted by atomic mass is 16.6. The average Bonchev–Trinajstić information content (AvgIpc) is 3.05. The third-order valence-electron chi connectivity index (χ3n) is 3.96. The maximum atomic E-state index is 12.2. The summed E-state index contributed by atoms with van der Waals surface area (Å²) < 4.78 is 7.73. The van der Waals surface area contributed by atoms with Gasteiger partial charge in [0.25, 0.3) is 0 Å². The number of hydrogen-bond acceptors (Lipinski definition) is 3. The highest BCUT2D eigenvalue weighted by Gasteiger charge is 2.31. The standard InChI is InChI=1S/C17H29N3O2/c1-5-19-10-6-8-14(19)12-18-13-15-9-7-11-20(15)16(21)22-17(2,3)4/h6,8,10,15,18H,5,7,9,11-13H2,1-4H3. The first-order chi connectivity index (χ1) is 10.4. The van der Waals surface area contributed by atoms with Gasteiger partial charge in [0.1, 0.15) is 5.60 Å². The maximum Gasteiger partial charge on any atom is 0.410 e. The molecule has 0 aromatic carbocycles. The van der Waals surface area contributed by atoms with Gasteiger partial charge in [0, 0.05) is 44.1 Å². The van der Waals surface area contributed by atoms with Gasteiger partial charge < -0.3 is 19.5 Å². The number of amides is 1. The molecule has 0 aliphatic carbocycles. The molecule has 5 nitrogen and oxygen atoms in total. The first kappa shape index (κ1) is 16.9. The van der Waals surface area contributed by atoms with Crippen LogP contribution in [0.2, 0.25) is 0 Å². The van der Waals surface area contributed by atoms with Crippen LogP contribution in [-0.2, 0) is 17.8 Å². The predicted octanol–water partition coefficient (Wildman–Crippen LogP) is 3.00. The monoisotopic (exact) mass is 307 g/mol. The molecular weight excluding hydrogens is 278 g/mol. The van der Waals surface area contributed by atoms with E-state index < -0.39 is 5.60 Å². The van der Waals surface area contributed by atoms with Crippen LogP contribution >= 0.6 is 0 Å². The normalized spacial score (nSPS) is 18.7. The van der Waals surface area contributed by atoms with Crippen molar-refractivity contribution in [2.45, 2.75) is 65.3 Å². The third kappa shape index (κ3) is 4.50. The highest BCUT2D eigenvalue weighted by Crippen LogP contribution is 2.20. The van der Waals surface area contributed by atoms with Crippen LogP contribution < -0.4 is 5.32 Å². The minimum atomic E-state index is -0.431. The fraction of sp³-hybridized carbons (Fsp3) is 0.706. The number of nitrogens with one attached hydrogen (secondary N) is 1. The molecule has 1 unspecified atom stereocenters. The van der Waals surface area contributed by atoms with Crippen molar-refractivity contribution in [2.24, 2.45) is 0 Å². The number of likely N-dealkylation sites (tertiary alicyclic amines) is 1. The molecule has 1 N–H and O–H groups in total. The lowest BCUT2D eigenvalue weighted by Crippen LogP contribution is -2.44. The molecule has 1 aliphatic heterocycles. The van der Waals surface area contributed by atoms with Crippen molar-refractivity contribution in [1.29, 1.82) is 0 Å². The van der Waals surface area contributed by atoms with E-state index >= 15 is 0 Å². The molecule has 2 heterocycles. The minimum Gasteiger partial charge on any atom is -0.444 e. The van der Waals surface area contributed by atoms with Crippen LogP contribution in [0.4, 0.5) is 4.79 Å². The van der Waals surface area contributed by atoms with E-state index in [0.29, 0.717) is 0 Å². The van der Waals surface area contributed by atoms with Gasteiger partial charge in [-0.3, -0.25) is 0 Å². The van der Waals surface area contributed by atoms with E-state index in [2.05, 4.69) is 35.1 Å². The SMILES string of the molecule is CCn1cccc1CNCC1CCCN1C(=O)OC(C)(C)C. The minimum absolute atomic E-state index is 0.186. The molecule has 5 heteroatoms. The first-order valence-corrected chi connectivity index (χ1v) is 8.25. The molecule has 0 bridgehead atoms. The molecule has 1 atom stereocenters. The molecule has 1 saturated heterocycles. The molecular formula is C17H29N3O2. The van der Waals surface area contributed by atoms with Gasteiger partial charge in [-0.25, -0.2) is 4.79 Å². The second-order valence-corrected chi connectivity index (χ2v) is 6.89. The Balaban J connectivity index is 1.82. The van der Waals surface area contributed by atoms with E-state index in [4.69, 9.17) is 4.74 Å². The van der Waals surface area contributed by atoms with Gasteiger partial charge in [-0.15, -0.1) is 0 Å². The van der Waals surface area contributed by atoms with E-state index in [1.807, 2.05) is 25.7 Å². The Hall–Kier alpha value is -1.49. The average molecular weight is 307 g/mol. The fourth-order valence-electron chi connectivity index (χ4n) is 2.89. The molecule has 124 valence electrons. The van der Waals surface area contributed by atoms with Crippen LogP contribution in [0.1, 0.15) is 46.2 Å². The quantitative estimate of drug-likeness (QED) is 0.909. The lowest BCUT2D eigenvalue weighted by molar-refractivity contribution is 0.0226. The number of ether oxygens (including phenoxy) is 1. The second kappa shape index (κ2) is 7.18. The van der Waals surface area contributed by atoms with Crippen molar-refractivity contribution in [3.8, 4) is 0 Å². The molecule has 0 spiro atoms. The summed E-state index contributed by atoms with van der Waals surface area (Å²) in [7, 11) is 0. The Morgan fingerprint density at radius 1 is 1.45 bits per heavy atom. The van der Waals surface area contributed by atoms with Crippen molar-refractivity contribution < 1.29 is 9.53 Å². The van der Waals surface area contributed by atoms with Crippen molar-refractivity contribution in [1.82, 2.24) is 14.8 Å². The predicted molar refractivity (Wildman–Crippen MR) is 87.8 cm³/mol. The Labute approximate surface area is 133 Å². The molecule has 2 rings (SSSR count). The zero-order valence-corrected chi connectivity index (χ0v) is 14.3. The topological polar surface area (TPSA) is 46.5 Å². The van der Waals surface area contributed by atoms with Gasteiger partial charge in [0.2, 0.25) is 0 Å². The van der Waals surface area contributed by atoms with Gasteiger partial charge in [-0.2, -0.15) is 0 Å². The summed E-state index contributed by atoms with van der Waals surface area (Å²) in [6.45, 7) is 11.3. The molecule has 0 radical (unpaired) electrons. The summed E-state index contributed by atoms with van der Waals surface area (Å²) in [5, 5.41) is 3.48. The fourth-order valence-corrected chi connectivity index (χ4v) is 2.89. The summed E-state index contributed by atoms with van der Waals surface area (Å²) in [6, 6.07) is 4.44. The summed E-state index contributed by atoms with van der Waals surface area (Å²) in [4.78, 5) is 14.1. The van der Waals surface area contributed by atoms with Crippen LogP contribution in [0.5, 0.6) is 0 Å². The van der Waals surface area contributed by atoms with E-state index in [9.17, 15) is 4.79 Å². The first-order valence-electron chi connectivity index (χ1n) is 8.25. The highest BCUT2D eigenvalue weighted by molar-refractivity contribution is 5.69. The zero-order valence-electron chi connectivity index (χ0n) is 14.3. The third-order valence-corrected chi connectivity index (χ3v) is 3.96. The van der Waals surface area contributed by atoms with Crippen molar-refractivity contribution in [3.05, 3.63) is 24.0 Å². The van der Waals surface area contributed by atoms with E-state index in [1.54, 1.807) is 0 Å². The van der Waals surface area contributed by atoms with Gasteiger partial charge in [0.15, 0.2) is 0 Å². The number of carbonyl (C=O) groups is 1. The van der Waals surface area contributed by atoms with Crippen LogP contribution in [0.15, 0.2) is 18.3 Å². The van der Waals surface area contributed by atoms with E-state index in [1.165, 1.54) is 5.69 Å². The molecule has 0 saturated carbocycles. The van der Waals surface area contributed by atoms with Crippen LogP contribution in [0.3, 0.4) is 0 Å². The zero-order chi connectivity index (χ0) is 16.2. The molecule has 1 amide bonds. The van der Waals surface area contributed by atoms with Crippen LogP contribution in [0.25, 0.3) is 0 Å². The summed E-state index contributed by atoms with van der Waals surface area (Å²) in [6.07, 6.45) is 4.01. The molecule has 1 aromatic rings. The Morgan fingerprint density at radius 3 is 2.91 bits per heavy atom. The van der Waals surface area contributed by atoms with Crippen LogP contribution in [-0.4, -0.2) is 40.3 Å². The van der Waals surface area contributed by atoms with Crippen molar-refractivity contribution in [3.63, 3.8) is 0 Å². The molecule has 22 heavy (non-hydrogen) atoms. The van der Waals surface area contributed by atoms with Crippen molar-refractivity contribution in [2.75, 3.05) is 13.1 Å². The second-order valence-electron chi connectivity index (χ2n) is 6.89. The number of nitrogens with zero attached hydrogens (tertiary/aromatic N) is 2. The summed E-state index contributed by atoms with van der Waals surface area (Å²) >= 11 is 0. The van der Waals surface area contributed by atoms with E-state index in [-0.39, 0.29) is 12.1 Å². The lowest BCUT2D eigenvalue weighted by atomic mass is 10.2. The summed E-state index contributed by atoms with van der Waals surface area (Å²) in [5.74, 6) is 0. The van der Waals surface area contributed by atoms with Gasteiger partial charge in [-0.05, 0) is 52.7 Å². The molecule has 1 aromatic heterocycles.